The summed E-state index contributed by atoms with van der Waals surface area (Å²) >= 11 is 5.03. The van der Waals surface area contributed by atoms with Crippen LogP contribution in [0.3, 0.4) is 0 Å². The monoisotopic (exact) mass is 195 g/mol. The molecule has 70 valence electrons. The molecule has 1 heterocycles. The first-order valence-corrected chi connectivity index (χ1v) is 4.41. The van der Waals surface area contributed by atoms with Crippen molar-refractivity contribution in [1.29, 1.82) is 0 Å². The molecule has 0 bridgehead atoms. The highest BCUT2D eigenvalue weighted by Crippen LogP contribution is 1.89. The molecular weight excluding hydrogens is 182 g/mol. The Hall–Kier alpha value is -1.16. The summed E-state index contributed by atoms with van der Waals surface area (Å²) in [5, 5.41) is 4.74. The lowest BCUT2D eigenvalue weighted by Crippen LogP contribution is -2.32. The molecule has 13 heavy (non-hydrogen) atoms. The quantitative estimate of drug-likeness (QED) is 0.281. The van der Waals surface area contributed by atoms with E-state index in [1.165, 1.54) is 5.56 Å². The molecule has 0 atom stereocenters. The molecule has 0 radical (unpaired) electrons. The van der Waals surface area contributed by atoms with Crippen LogP contribution in [0.2, 0.25) is 0 Å². The van der Waals surface area contributed by atoms with Gasteiger partial charge in [0.15, 0.2) is 0 Å². The van der Waals surface area contributed by atoms with E-state index < -0.39 is 0 Å². The molecule has 0 N–H and O–H groups in total. The fraction of sp³-hybridized carbons (Fsp3) is 0.333. The predicted octanol–water partition coefficient (Wildman–Crippen LogP) is 0.510. The largest absolute Gasteiger partial charge is 0.737 e. The van der Waals surface area contributed by atoms with Crippen molar-refractivity contribution in [3.63, 3.8) is 0 Å². The van der Waals surface area contributed by atoms with Crippen LogP contribution in [0.1, 0.15) is 5.56 Å². The summed E-state index contributed by atoms with van der Waals surface area (Å²) in [7, 11) is 3.75. The van der Waals surface area contributed by atoms with Crippen LogP contribution in [-0.2, 0) is 12.6 Å². The van der Waals surface area contributed by atoms with E-state index in [-0.39, 0.29) is 0 Å². The van der Waals surface area contributed by atoms with Crippen molar-refractivity contribution in [3.05, 3.63) is 30.1 Å². The molecule has 4 heteroatoms. The Morgan fingerprint density at radius 3 is 2.38 bits per heavy atom. The lowest BCUT2D eigenvalue weighted by atomic mass is 10.3. The third-order valence-electron chi connectivity index (χ3n) is 1.56. The zero-order valence-electron chi connectivity index (χ0n) is 8.06. The maximum atomic E-state index is 5.03. The van der Waals surface area contributed by atoms with Crippen molar-refractivity contribution in [1.82, 2.24) is 4.90 Å². The SMILES string of the molecule is Cc1cc[n+](/N=C(\[S-])N(C)C)cc1. The number of rotatable bonds is 1. The Morgan fingerprint density at radius 2 is 1.92 bits per heavy atom. The number of hydrogen-bond donors (Lipinski definition) is 0. The van der Waals surface area contributed by atoms with Gasteiger partial charge in [-0.25, -0.2) is 0 Å². The maximum absolute atomic E-state index is 5.03. The number of pyridine rings is 1. The Balaban J connectivity index is 2.85. The summed E-state index contributed by atoms with van der Waals surface area (Å²) < 4.78 is 1.70. The number of amidine groups is 1. The van der Waals surface area contributed by atoms with Crippen LogP contribution in [0.15, 0.2) is 29.6 Å². The van der Waals surface area contributed by atoms with E-state index in [0.29, 0.717) is 5.17 Å². The molecule has 3 nitrogen and oxygen atoms in total. The molecule has 0 aliphatic rings. The van der Waals surface area contributed by atoms with Crippen LogP contribution in [0.25, 0.3) is 0 Å². The van der Waals surface area contributed by atoms with Crippen molar-refractivity contribution < 1.29 is 4.68 Å². The molecule has 0 fully saturated rings. The first-order chi connectivity index (χ1) is 6.09. The van der Waals surface area contributed by atoms with Crippen LogP contribution in [0.5, 0.6) is 0 Å². The number of aryl methyl sites for hydroxylation is 1. The average molecular weight is 195 g/mol. The summed E-state index contributed by atoms with van der Waals surface area (Å²) in [6.45, 7) is 2.04. The zero-order chi connectivity index (χ0) is 9.84. The molecule has 0 unspecified atom stereocenters. The molecule has 0 saturated carbocycles. The Kier molecular flexibility index (Phi) is 3.19. The van der Waals surface area contributed by atoms with Crippen LogP contribution < -0.4 is 4.68 Å². The Bertz CT molecular complexity index is 303. The van der Waals surface area contributed by atoms with Crippen LogP contribution in [0.4, 0.5) is 0 Å². The second kappa shape index (κ2) is 4.18. The molecular formula is C9H13N3S. The van der Waals surface area contributed by atoms with Gasteiger partial charge in [0.25, 0.3) is 0 Å². The van der Waals surface area contributed by atoms with Crippen molar-refractivity contribution in [2.75, 3.05) is 14.1 Å². The van der Waals surface area contributed by atoms with Crippen LogP contribution in [0, 0.1) is 6.92 Å². The van der Waals surface area contributed by atoms with Gasteiger partial charge < -0.3 is 17.5 Å². The molecule has 1 aromatic rings. The molecule has 0 aromatic carbocycles. The van der Waals surface area contributed by atoms with Gasteiger partial charge in [-0.2, -0.15) is 0 Å². The first-order valence-electron chi connectivity index (χ1n) is 4.01. The summed E-state index contributed by atoms with van der Waals surface area (Å²) in [5.74, 6) is 0. The lowest BCUT2D eigenvalue weighted by molar-refractivity contribution is -0.679. The zero-order valence-corrected chi connectivity index (χ0v) is 8.88. The number of aromatic nitrogens is 1. The van der Waals surface area contributed by atoms with Gasteiger partial charge in [-0.15, -0.1) is 0 Å². The first kappa shape index (κ1) is 9.92. The molecule has 0 aliphatic carbocycles. The summed E-state index contributed by atoms with van der Waals surface area (Å²) in [6, 6.07) is 3.98. The van der Waals surface area contributed by atoms with E-state index in [4.69, 9.17) is 12.6 Å². The lowest BCUT2D eigenvalue weighted by Gasteiger charge is -2.16. The van der Waals surface area contributed by atoms with Gasteiger partial charge >= 0.3 is 0 Å². The highest BCUT2D eigenvalue weighted by atomic mass is 32.1. The molecule has 0 saturated heterocycles. The fourth-order valence-electron chi connectivity index (χ4n) is 0.748. The topological polar surface area (TPSA) is 19.5 Å². The van der Waals surface area contributed by atoms with E-state index in [1.54, 1.807) is 9.58 Å². The van der Waals surface area contributed by atoms with E-state index in [2.05, 4.69) is 5.10 Å². The minimum absolute atomic E-state index is 0.564. The van der Waals surface area contributed by atoms with Gasteiger partial charge in [0.05, 0.1) is 0 Å². The second-order valence-electron chi connectivity index (χ2n) is 3.03. The van der Waals surface area contributed by atoms with Gasteiger partial charge in [0.1, 0.15) is 0 Å². The normalized spacial score (nSPS) is 11.5. The third kappa shape index (κ3) is 2.99. The van der Waals surface area contributed by atoms with Gasteiger partial charge in [-0.3, -0.25) is 0 Å². The summed E-state index contributed by atoms with van der Waals surface area (Å²) in [5.41, 5.74) is 1.21. The van der Waals surface area contributed by atoms with E-state index in [9.17, 15) is 0 Å². The van der Waals surface area contributed by atoms with Gasteiger partial charge in [-0.05, 0) is 17.6 Å². The summed E-state index contributed by atoms with van der Waals surface area (Å²) in [4.78, 5) is 1.79. The van der Waals surface area contributed by atoms with Crippen LogP contribution >= 0.6 is 0 Å². The van der Waals surface area contributed by atoms with E-state index >= 15 is 0 Å². The summed E-state index contributed by atoms with van der Waals surface area (Å²) in [6.07, 6.45) is 3.76. The van der Waals surface area contributed by atoms with Gasteiger partial charge in [0.2, 0.25) is 12.4 Å². The van der Waals surface area contributed by atoms with Crippen molar-refractivity contribution >= 4 is 17.8 Å². The standard InChI is InChI=1S/C9H13N3S/c1-8-4-6-12(7-5-8)10-9(13)11(2)3/h4-7H,1-3H3. The van der Waals surface area contributed by atoms with E-state index in [0.717, 1.165) is 0 Å². The molecule has 0 amide bonds. The predicted molar refractivity (Wildman–Crippen MR) is 55.3 cm³/mol. The second-order valence-corrected chi connectivity index (χ2v) is 3.40. The molecule has 0 spiro atoms. The van der Waals surface area contributed by atoms with Gasteiger partial charge in [0, 0.05) is 31.4 Å². The smallest absolute Gasteiger partial charge is 0.202 e. The number of nitrogens with zero attached hydrogens (tertiary/aromatic N) is 3. The third-order valence-corrected chi connectivity index (χ3v) is 2.01. The van der Waals surface area contributed by atoms with Crippen LogP contribution in [-0.4, -0.2) is 24.2 Å². The minimum Gasteiger partial charge on any atom is -0.737 e. The Labute approximate surface area is 84.1 Å². The molecule has 1 aromatic heterocycles. The van der Waals surface area contributed by atoms with E-state index in [1.807, 2.05) is 45.5 Å². The number of hydrogen-bond acceptors (Lipinski definition) is 2. The Morgan fingerprint density at radius 1 is 1.38 bits per heavy atom. The average Bonchev–Trinajstić information content (AvgIpc) is 2.08. The molecule has 0 aliphatic heterocycles. The van der Waals surface area contributed by atoms with Gasteiger partial charge in [-0.1, -0.05) is 4.68 Å². The van der Waals surface area contributed by atoms with Crippen molar-refractivity contribution in [2.24, 2.45) is 5.10 Å². The highest BCUT2D eigenvalue weighted by Gasteiger charge is 1.95. The van der Waals surface area contributed by atoms with Crippen molar-refractivity contribution in [2.45, 2.75) is 6.92 Å². The van der Waals surface area contributed by atoms with Crippen molar-refractivity contribution in [3.8, 4) is 0 Å². The highest BCUT2D eigenvalue weighted by molar-refractivity contribution is 7.77. The maximum Gasteiger partial charge on any atom is 0.202 e. The molecule has 1 rings (SSSR count). The minimum atomic E-state index is 0.564. The fourth-order valence-corrected chi connectivity index (χ4v) is 0.842.